The third-order valence-corrected chi connectivity index (χ3v) is 4.36. The zero-order valence-electron chi connectivity index (χ0n) is 10.9. The van der Waals surface area contributed by atoms with Crippen LogP contribution in [0.2, 0.25) is 0 Å². The first-order valence-corrected chi connectivity index (χ1v) is 7.13. The lowest BCUT2D eigenvalue weighted by Crippen LogP contribution is -2.28. The van der Waals surface area contributed by atoms with Crippen LogP contribution in [0.5, 0.6) is 0 Å². The summed E-state index contributed by atoms with van der Waals surface area (Å²) in [4.78, 5) is 1.36. The minimum atomic E-state index is 0.231. The van der Waals surface area contributed by atoms with Crippen molar-refractivity contribution in [2.75, 3.05) is 0 Å². The molecule has 1 unspecified atom stereocenters. The van der Waals surface area contributed by atoms with Crippen molar-refractivity contribution >= 4 is 11.3 Å². The molecular formula is C13H20N4S. The van der Waals surface area contributed by atoms with E-state index in [1.165, 1.54) is 16.1 Å². The molecule has 0 spiro atoms. The molecule has 2 aromatic rings. The van der Waals surface area contributed by atoms with Gasteiger partial charge in [-0.2, -0.15) is 5.10 Å². The maximum atomic E-state index is 5.70. The molecule has 0 radical (unpaired) electrons. The number of thiophene rings is 1. The fraction of sp³-hybridized carbons (Fsp3) is 0.462. The van der Waals surface area contributed by atoms with Gasteiger partial charge in [-0.05, 0) is 42.3 Å². The van der Waals surface area contributed by atoms with Crippen molar-refractivity contribution in [3.63, 3.8) is 0 Å². The normalized spacial score (nSPS) is 12.8. The molecule has 2 rings (SSSR count). The van der Waals surface area contributed by atoms with E-state index in [4.69, 9.17) is 5.84 Å². The van der Waals surface area contributed by atoms with Gasteiger partial charge >= 0.3 is 0 Å². The summed E-state index contributed by atoms with van der Waals surface area (Å²) in [6.45, 7) is 2.18. The molecule has 18 heavy (non-hydrogen) atoms. The Morgan fingerprint density at radius 2 is 2.33 bits per heavy atom. The van der Waals surface area contributed by atoms with E-state index in [1.54, 1.807) is 11.3 Å². The molecule has 0 saturated carbocycles. The highest BCUT2D eigenvalue weighted by atomic mass is 32.1. The summed E-state index contributed by atoms with van der Waals surface area (Å²) in [6.07, 6.45) is 4.86. The average molecular weight is 264 g/mol. The summed E-state index contributed by atoms with van der Waals surface area (Å²) in [5.74, 6) is 5.70. The fourth-order valence-corrected chi connectivity index (χ4v) is 3.27. The number of hydrogen-bond acceptors (Lipinski definition) is 4. The highest BCUT2D eigenvalue weighted by molar-refractivity contribution is 7.10. The van der Waals surface area contributed by atoms with Crippen LogP contribution >= 0.6 is 11.3 Å². The van der Waals surface area contributed by atoms with Crippen LogP contribution in [-0.2, 0) is 19.9 Å². The molecule has 3 N–H and O–H groups in total. The number of hydrazine groups is 1. The van der Waals surface area contributed by atoms with E-state index in [2.05, 4.69) is 35.0 Å². The topological polar surface area (TPSA) is 55.9 Å². The number of hydrogen-bond donors (Lipinski definition) is 2. The van der Waals surface area contributed by atoms with E-state index in [1.807, 2.05) is 17.9 Å². The minimum Gasteiger partial charge on any atom is -0.273 e. The first kappa shape index (κ1) is 13.3. The molecule has 4 nitrogen and oxygen atoms in total. The Balaban J connectivity index is 2.04. The summed E-state index contributed by atoms with van der Waals surface area (Å²) in [6, 6.07) is 4.48. The Labute approximate surface area is 112 Å². The molecule has 5 heteroatoms. The standard InChI is InChI=1S/C13H20N4S/c1-3-10-7-9-18-13(10)12(16-14)5-4-11-6-8-15-17(11)2/h6-9,12,16H,3-5,14H2,1-2H3. The van der Waals surface area contributed by atoms with Crippen LogP contribution in [0.25, 0.3) is 0 Å². The Morgan fingerprint density at radius 3 is 2.94 bits per heavy atom. The van der Waals surface area contributed by atoms with Gasteiger partial charge in [-0.1, -0.05) is 6.92 Å². The van der Waals surface area contributed by atoms with Crippen LogP contribution < -0.4 is 11.3 Å². The van der Waals surface area contributed by atoms with Gasteiger partial charge in [0.2, 0.25) is 0 Å². The molecule has 1 atom stereocenters. The van der Waals surface area contributed by atoms with Gasteiger partial charge in [0.1, 0.15) is 0 Å². The summed E-state index contributed by atoms with van der Waals surface area (Å²) in [5.41, 5.74) is 5.58. The number of rotatable bonds is 6. The van der Waals surface area contributed by atoms with Crippen molar-refractivity contribution in [3.8, 4) is 0 Å². The summed E-state index contributed by atoms with van der Waals surface area (Å²) in [7, 11) is 1.98. The quantitative estimate of drug-likeness (QED) is 0.621. The van der Waals surface area contributed by atoms with E-state index < -0.39 is 0 Å². The Bertz CT molecular complexity index is 489. The first-order chi connectivity index (χ1) is 8.76. The monoisotopic (exact) mass is 264 g/mol. The molecule has 0 fully saturated rings. The lowest BCUT2D eigenvalue weighted by Gasteiger charge is -2.16. The summed E-state index contributed by atoms with van der Waals surface area (Å²) < 4.78 is 1.92. The lowest BCUT2D eigenvalue weighted by molar-refractivity contribution is 0.511. The highest BCUT2D eigenvalue weighted by Crippen LogP contribution is 2.27. The zero-order chi connectivity index (χ0) is 13.0. The molecule has 0 aliphatic carbocycles. The number of nitrogens with zero attached hydrogens (tertiary/aromatic N) is 2. The number of aromatic nitrogens is 2. The van der Waals surface area contributed by atoms with E-state index >= 15 is 0 Å². The van der Waals surface area contributed by atoms with Crippen LogP contribution in [0.15, 0.2) is 23.7 Å². The van der Waals surface area contributed by atoms with Crippen LogP contribution in [0.1, 0.15) is 35.5 Å². The van der Waals surface area contributed by atoms with E-state index in [0.717, 1.165) is 19.3 Å². The van der Waals surface area contributed by atoms with Gasteiger partial charge < -0.3 is 0 Å². The van der Waals surface area contributed by atoms with Crippen molar-refractivity contribution in [2.45, 2.75) is 32.2 Å². The molecule has 2 aromatic heterocycles. The Hall–Kier alpha value is -1.17. The predicted octanol–water partition coefficient (Wildman–Crippen LogP) is 2.18. The molecule has 0 aliphatic rings. The van der Waals surface area contributed by atoms with Gasteiger partial charge in [0.05, 0.1) is 6.04 Å². The molecule has 0 aliphatic heterocycles. The summed E-state index contributed by atoms with van der Waals surface area (Å²) >= 11 is 1.78. The number of nitrogens with two attached hydrogens (primary N) is 1. The molecule has 0 amide bonds. The second kappa shape index (κ2) is 6.13. The second-order valence-electron chi connectivity index (χ2n) is 4.37. The Kier molecular flexibility index (Phi) is 4.52. The fourth-order valence-electron chi connectivity index (χ4n) is 2.17. The summed E-state index contributed by atoms with van der Waals surface area (Å²) in [5, 5.41) is 6.33. The van der Waals surface area contributed by atoms with Crippen LogP contribution in [0.4, 0.5) is 0 Å². The van der Waals surface area contributed by atoms with E-state index in [9.17, 15) is 0 Å². The molecule has 0 saturated heterocycles. The van der Waals surface area contributed by atoms with Crippen molar-refractivity contribution in [1.29, 1.82) is 0 Å². The highest BCUT2D eigenvalue weighted by Gasteiger charge is 2.15. The van der Waals surface area contributed by atoms with Gasteiger partial charge in [-0.15, -0.1) is 11.3 Å². The predicted molar refractivity (Wildman–Crippen MR) is 75.3 cm³/mol. The van der Waals surface area contributed by atoms with Gasteiger partial charge in [0.25, 0.3) is 0 Å². The van der Waals surface area contributed by atoms with Gasteiger partial charge in [0, 0.05) is 23.8 Å². The molecule has 0 aromatic carbocycles. The van der Waals surface area contributed by atoms with Gasteiger partial charge in [-0.25, -0.2) is 0 Å². The van der Waals surface area contributed by atoms with Crippen molar-refractivity contribution < 1.29 is 0 Å². The first-order valence-electron chi connectivity index (χ1n) is 6.25. The average Bonchev–Trinajstić information content (AvgIpc) is 2.99. The minimum absolute atomic E-state index is 0.231. The molecular weight excluding hydrogens is 244 g/mol. The number of nitrogens with one attached hydrogen (secondary N) is 1. The molecule has 0 bridgehead atoms. The number of aryl methyl sites for hydroxylation is 3. The van der Waals surface area contributed by atoms with Gasteiger partial charge in [0.15, 0.2) is 0 Å². The molecule has 2 heterocycles. The Morgan fingerprint density at radius 1 is 1.50 bits per heavy atom. The van der Waals surface area contributed by atoms with E-state index in [-0.39, 0.29) is 6.04 Å². The van der Waals surface area contributed by atoms with Crippen LogP contribution in [-0.4, -0.2) is 9.78 Å². The third-order valence-electron chi connectivity index (χ3n) is 3.29. The van der Waals surface area contributed by atoms with Crippen molar-refractivity contribution in [3.05, 3.63) is 39.8 Å². The van der Waals surface area contributed by atoms with Crippen molar-refractivity contribution in [2.24, 2.45) is 12.9 Å². The largest absolute Gasteiger partial charge is 0.273 e. The van der Waals surface area contributed by atoms with E-state index in [0.29, 0.717) is 0 Å². The maximum Gasteiger partial charge on any atom is 0.0559 e. The third kappa shape index (κ3) is 2.80. The SMILES string of the molecule is CCc1ccsc1C(CCc1ccnn1C)NN. The van der Waals surface area contributed by atoms with Crippen molar-refractivity contribution in [1.82, 2.24) is 15.2 Å². The van der Waals surface area contributed by atoms with Gasteiger partial charge in [-0.3, -0.25) is 16.0 Å². The van der Waals surface area contributed by atoms with Crippen LogP contribution in [0, 0.1) is 0 Å². The smallest absolute Gasteiger partial charge is 0.0559 e. The molecule has 98 valence electrons. The van der Waals surface area contributed by atoms with Crippen LogP contribution in [0.3, 0.4) is 0 Å². The second-order valence-corrected chi connectivity index (χ2v) is 5.32. The lowest BCUT2D eigenvalue weighted by atomic mass is 10.0. The maximum absolute atomic E-state index is 5.70. The zero-order valence-corrected chi connectivity index (χ0v) is 11.7.